The van der Waals surface area contributed by atoms with Gasteiger partial charge in [-0.05, 0) is 38.0 Å². The smallest absolute Gasteiger partial charge is 0.141 e. The average molecular weight is 386 g/mol. The molecule has 125 valence electrons. The number of aromatic nitrogens is 3. The zero-order chi connectivity index (χ0) is 13.5. The van der Waals surface area contributed by atoms with E-state index in [-0.39, 0.29) is 60.8 Å². The van der Waals surface area contributed by atoms with Crippen LogP contribution in [-0.4, -0.2) is 14.8 Å². The third-order valence-corrected chi connectivity index (χ3v) is 2.40. The van der Waals surface area contributed by atoms with E-state index in [1.54, 1.807) is 12.3 Å². The van der Waals surface area contributed by atoms with Crippen LogP contribution in [0.3, 0.4) is 0 Å². The van der Waals surface area contributed by atoms with Gasteiger partial charge in [-0.3, -0.25) is 9.67 Å². The Balaban J connectivity index is -0.000000126. The third kappa shape index (κ3) is 11.0. The number of hydrogen-bond acceptors (Lipinski definition) is 2. The van der Waals surface area contributed by atoms with Gasteiger partial charge in [0.2, 0.25) is 0 Å². The van der Waals surface area contributed by atoms with Crippen molar-refractivity contribution in [2.24, 2.45) is 0 Å². The van der Waals surface area contributed by atoms with Crippen molar-refractivity contribution in [3.63, 3.8) is 0 Å². The summed E-state index contributed by atoms with van der Waals surface area (Å²) in [4.78, 5) is 3.90. The van der Waals surface area contributed by atoms with Crippen LogP contribution in [0, 0.1) is 5.82 Å². The first kappa shape index (κ1) is 29.4. The molecule has 22 heavy (non-hydrogen) atoms. The van der Waals surface area contributed by atoms with Crippen LogP contribution in [0.25, 0.3) is 0 Å². The molecule has 0 aliphatic heterocycles. The number of halogens is 1. The Kier molecular flexibility index (Phi) is 20.4. The van der Waals surface area contributed by atoms with Crippen LogP contribution in [0.4, 0.5) is 4.39 Å². The molecule has 2 heterocycles. The SMILES string of the molecule is C.C.C.CC(C)c1ccc(F)cn1.CC(C)n1cccn1.[Y]. The fourth-order valence-electron chi connectivity index (χ4n) is 1.31. The van der Waals surface area contributed by atoms with E-state index in [0.717, 1.165) is 5.69 Å². The van der Waals surface area contributed by atoms with E-state index in [4.69, 9.17) is 0 Å². The second kappa shape index (κ2) is 15.3. The molecule has 3 nitrogen and oxygen atoms in total. The summed E-state index contributed by atoms with van der Waals surface area (Å²) in [6.45, 7) is 8.26. The summed E-state index contributed by atoms with van der Waals surface area (Å²) in [5.41, 5.74) is 0.932. The minimum absolute atomic E-state index is 0. The predicted octanol–water partition coefficient (Wildman–Crippen LogP) is 5.71. The van der Waals surface area contributed by atoms with Crippen molar-refractivity contribution in [2.75, 3.05) is 0 Å². The molecule has 0 N–H and O–H groups in total. The van der Waals surface area contributed by atoms with Crippen molar-refractivity contribution in [2.45, 2.75) is 61.9 Å². The van der Waals surface area contributed by atoms with E-state index in [0.29, 0.717) is 12.0 Å². The maximum Gasteiger partial charge on any atom is 0.141 e. The molecule has 0 spiro atoms. The summed E-state index contributed by atoms with van der Waals surface area (Å²) >= 11 is 0. The molecule has 2 rings (SSSR count). The summed E-state index contributed by atoms with van der Waals surface area (Å²) < 4.78 is 14.2. The molecule has 0 saturated carbocycles. The van der Waals surface area contributed by atoms with E-state index < -0.39 is 0 Å². The maximum absolute atomic E-state index is 12.3. The van der Waals surface area contributed by atoms with Gasteiger partial charge in [-0.15, -0.1) is 0 Å². The third-order valence-electron chi connectivity index (χ3n) is 2.40. The largest absolute Gasteiger partial charge is 0.270 e. The van der Waals surface area contributed by atoms with Gasteiger partial charge in [0.25, 0.3) is 0 Å². The summed E-state index contributed by atoms with van der Waals surface area (Å²) in [5, 5.41) is 4.03. The van der Waals surface area contributed by atoms with Crippen molar-refractivity contribution in [1.29, 1.82) is 0 Å². The van der Waals surface area contributed by atoms with Gasteiger partial charge in [0.05, 0.1) is 6.20 Å². The second-order valence-corrected chi connectivity index (χ2v) is 4.64. The molecule has 2 aromatic rings. The molecule has 2 aromatic heterocycles. The van der Waals surface area contributed by atoms with Gasteiger partial charge in [-0.1, -0.05) is 36.1 Å². The standard InChI is InChI=1S/C8H10FN.C6H10N2.3CH4.Y/c1-6(2)8-4-3-7(9)5-10-8;1-6(2)8-5-3-4-7-8;;;;/h3-6H,1-2H3;3-6H,1-2H3;3*1H4;. The Morgan fingerprint density at radius 3 is 1.91 bits per heavy atom. The Hall–Kier alpha value is -0.606. The summed E-state index contributed by atoms with van der Waals surface area (Å²) in [7, 11) is 0. The van der Waals surface area contributed by atoms with Gasteiger partial charge in [0.15, 0.2) is 0 Å². The van der Waals surface area contributed by atoms with E-state index in [1.807, 2.05) is 30.8 Å². The quantitative estimate of drug-likeness (QED) is 0.662. The second-order valence-electron chi connectivity index (χ2n) is 4.64. The first-order valence-corrected chi connectivity index (χ1v) is 6.11. The molecule has 1 radical (unpaired) electrons. The van der Waals surface area contributed by atoms with Crippen molar-refractivity contribution >= 4 is 0 Å². The summed E-state index contributed by atoms with van der Waals surface area (Å²) in [5.74, 6) is 0.102. The Labute approximate surface area is 161 Å². The van der Waals surface area contributed by atoms with Crippen molar-refractivity contribution in [3.8, 4) is 0 Å². The molecule has 0 aliphatic carbocycles. The van der Waals surface area contributed by atoms with Gasteiger partial charge >= 0.3 is 0 Å². The molecule has 5 heteroatoms. The van der Waals surface area contributed by atoms with Crippen molar-refractivity contribution in [1.82, 2.24) is 14.8 Å². The fraction of sp³-hybridized carbons (Fsp3) is 0.529. The predicted molar refractivity (Wildman–Crippen MR) is 91.1 cm³/mol. The monoisotopic (exact) mass is 386 g/mol. The molecule has 0 atom stereocenters. The van der Waals surface area contributed by atoms with Crippen LogP contribution >= 0.6 is 0 Å². The van der Waals surface area contributed by atoms with Gasteiger partial charge in [0.1, 0.15) is 5.82 Å². The Morgan fingerprint density at radius 2 is 1.64 bits per heavy atom. The van der Waals surface area contributed by atoms with Crippen molar-refractivity contribution < 1.29 is 37.1 Å². The van der Waals surface area contributed by atoms with Crippen LogP contribution in [0.5, 0.6) is 0 Å². The van der Waals surface area contributed by atoms with E-state index in [1.165, 1.54) is 12.3 Å². The van der Waals surface area contributed by atoms with Crippen LogP contribution in [0.1, 0.15) is 67.6 Å². The van der Waals surface area contributed by atoms with Crippen LogP contribution in [0.2, 0.25) is 0 Å². The molecule has 0 bridgehead atoms. The minimum atomic E-state index is -0.274. The average Bonchev–Trinajstić information content (AvgIpc) is 2.84. The first-order chi connectivity index (χ1) is 8.50. The van der Waals surface area contributed by atoms with E-state index in [2.05, 4.69) is 23.9 Å². The topological polar surface area (TPSA) is 30.7 Å². The zero-order valence-corrected chi connectivity index (χ0v) is 14.8. The molecule has 0 saturated heterocycles. The number of rotatable bonds is 2. The number of pyridine rings is 1. The summed E-state index contributed by atoms with van der Waals surface area (Å²) in [6.07, 6.45) is 5.00. The molecular weight excluding hydrogens is 354 g/mol. The maximum atomic E-state index is 12.3. The molecule has 0 aromatic carbocycles. The Bertz CT molecular complexity index is 439. The summed E-state index contributed by atoms with van der Waals surface area (Å²) in [6, 6.07) is 5.56. The zero-order valence-electron chi connectivity index (χ0n) is 11.9. The molecule has 0 amide bonds. The normalized spacial score (nSPS) is 8.50. The van der Waals surface area contributed by atoms with Crippen LogP contribution in [0.15, 0.2) is 36.8 Å². The fourth-order valence-corrected chi connectivity index (χ4v) is 1.31. The van der Waals surface area contributed by atoms with Gasteiger partial charge in [-0.25, -0.2) is 4.39 Å². The van der Waals surface area contributed by atoms with Crippen molar-refractivity contribution in [3.05, 3.63) is 48.3 Å². The van der Waals surface area contributed by atoms with Crippen LogP contribution < -0.4 is 0 Å². The molecule has 0 aliphatic rings. The van der Waals surface area contributed by atoms with Gasteiger partial charge in [0, 0.05) is 56.8 Å². The van der Waals surface area contributed by atoms with E-state index in [9.17, 15) is 4.39 Å². The molecule has 0 unspecified atom stereocenters. The first-order valence-electron chi connectivity index (χ1n) is 6.11. The molecule has 0 fully saturated rings. The number of hydrogen-bond donors (Lipinski definition) is 0. The molecular formula is C17H32FN3Y. The van der Waals surface area contributed by atoms with E-state index >= 15 is 0 Å². The van der Waals surface area contributed by atoms with Gasteiger partial charge < -0.3 is 0 Å². The van der Waals surface area contributed by atoms with Gasteiger partial charge in [-0.2, -0.15) is 5.10 Å². The number of nitrogens with zero attached hydrogens (tertiary/aromatic N) is 3. The van der Waals surface area contributed by atoms with Crippen LogP contribution in [-0.2, 0) is 32.7 Å². The minimum Gasteiger partial charge on any atom is -0.270 e. The Morgan fingerprint density at radius 1 is 1.05 bits per heavy atom.